The van der Waals surface area contributed by atoms with Gasteiger partial charge in [0.1, 0.15) is 0 Å². The van der Waals surface area contributed by atoms with Gasteiger partial charge in [0, 0.05) is 11.4 Å². The number of nitrogens with two attached hydrogens (primary N) is 1. The van der Waals surface area contributed by atoms with Gasteiger partial charge >= 0.3 is 0 Å². The molecule has 2 aromatic rings. The summed E-state index contributed by atoms with van der Waals surface area (Å²) in [6.45, 7) is 4.05. The molecule has 0 unspecified atom stereocenters. The van der Waals surface area contributed by atoms with Crippen LogP contribution in [-0.2, 0) is 24.5 Å². The molecule has 2 nitrogen and oxygen atoms in total. The summed E-state index contributed by atoms with van der Waals surface area (Å²) in [6.07, 6.45) is 0. The van der Waals surface area contributed by atoms with Crippen molar-refractivity contribution < 1.29 is 4.74 Å². The summed E-state index contributed by atoms with van der Waals surface area (Å²) in [5, 5.41) is 2.07. The molecule has 0 aliphatic carbocycles. The molecule has 17 heavy (non-hydrogen) atoms. The minimum atomic E-state index is 0.594. The standard InChI is InChI=1S/C14H17NOS/c1-11-7-12(8-15)4-5-13(11)9-16-10-14-3-2-6-17-14/h2-7H,8-10,15H2,1H3. The predicted molar refractivity (Wildman–Crippen MR) is 71.9 cm³/mol. The van der Waals surface area contributed by atoms with Gasteiger partial charge in [-0.05, 0) is 35.1 Å². The van der Waals surface area contributed by atoms with Crippen LogP contribution in [0.1, 0.15) is 21.6 Å². The van der Waals surface area contributed by atoms with Crippen LogP contribution >= 0.6 is 11.3 Å². The van der Waals surface area contributed by atoms with E-state index in [-0.39, 0.29) is 0 Å². The number of hydrogen-bond acceptors (Lipinski definition) is 3. The number of rotatable bonds is 5. The molecule has 0 saturated heterocycles. The average molecular weight is 247 g/mol. The van der Waals surface area contributed by atoms with Gasteiger partial charge in [-0.3, -0.25) is 0 Å². The van der Waals surface area contributed by atoms with Crippen LogP contribution in [0, 0.1) is 6.92 Å². The van der Waals surface area contributed by atoms with Crippen LogP contribution in [0.4, 0.5) is 0 Å². The highest BCUT2D eigenvalue weighted by molar-refractivity contribution is 7.09. The summed E-state index contributed by atoms with van der Waals surface area (Å²) >= 11 is 1.73. The van der Waals surface area contributed by atoms with E-state index in [4.69, 9.17) is 10.5 Å². The number of ether oxygens (including phenoxy) is 1. The van der Waals surface area contributed by atoms with Gasteiger partial charge in [-0.15, -0.1) is 11.3 Å². The topological polar surface area (TPSA) is 35.2 Å². The van der Waals surface area contributed by atoms with Crippen molar-refractivity contribution in [2.24, 2.45) is 5.73 Å². The van der Waals surface area contributed by atoms with E-state index in [0.717, 1.165) is 0 Å². The van der Waals surface area contributed by atoms with E-state index in [1.165, 1.54) is 21.6 Å². The zero-order chi connectivity index (χ0) is 12.1. The monoisotopic (exact) mass is 247 g/mol. The Labute approximate surface area is 106 Å². The Hall–Kier alpha value is -1.16. The molecule has 0 bridgehead atoms. The quantitative estimate of drug-likeness (QED) is 0.880. The Morgan fingerprint density at radius 2 is 2.12 bits per heavy atom. The molecule has 0 radical (unpaired) electrons. The van der Waals surface area contributed by atoms with Crippen molar-refractivity contribution in [3.8, 4) is 0 Å². The minimum Gasteiger partial charge on any atom is -0.371 e. The SMILES string of the molecule is Cc1cc(CN)ccc1COCc1cccs1. The van der Waals surface area contributed by atoms with Crippen LogP contribution < -0.4 is 5.73 Å². The highest BCUT2D eigenvalue weighted by atomic mass is 32.1. The first kappa shape index (κ1) is 12.3. The zero-order valence-corrected chi connectivity index (χ0v) is 10.8. The predicted octanol–water partition coefficient (Wildman–Crippen LogP) is 3.23. The lowest BCUT2D eigenvalue weighted by atomic mass is 10.1. The van der Waals surface area contributed by atoms with Gasteiger partial charge in [-0.1, -0.05) is 24.3 Å². The van der Waals surface area contributed by atoms with E-state index in [1.54, 1.807) is 11.3 Å². The van der Waals surface area contributed by atoms with Crippen LogP contribution in [0.15, 0.2) is 35.7 Å². The molecule has 90 valence electrons. The van der Waals surface area contributed by atoms with Crippen molar-refractivity contribution in [1.82, 2.24) is 0 Å². The van der Waals surface area contributed by atoms with Crippen molar-refractivity contribution in [3.05, 3.63) is 57.3 Å². The van der Waals surface area contributed by atoms with Gasteiger partial charge in [0.15, 0.2) is 0 Å². The Bertz CT molecular complexity index is 465. The second kappa shape index (κ2) is 5.96. The zero-order valence-electron chi connectivity index (χ0n) is 9.98. The minimum absolute atomic E-state index is 0.594. The van der Waals surface area contributed by atoms with Crippen molar-refractivity contribution in [1.29, 1.82) is 0 Å². The number of benzene rings is 1. The molecule has 0 aliphatic heterocycles. The normalized spacial score (nSPS) is 10.7. The van der Waals surface area contributed by atoms with Crippen molar-refractivity contribution >= 4 is 11.3 Å². The highest BCUT2D eigenvalue weighted by Crippen LogP contribution is 2.14. The number of aryl methyl sites for hydroxylation is 1. The van der Waals surface area contributed by atoms with Gasteiger partial charge in [0.2, 0.25) is 0 Å². The summed E-state index contributed by atoms with van der Waals surface area (Å²) in [5.41, 5.74) is 9.26. The number of hydrogen-bond donors (Lipinski definition) is 1. The summed E-state index contributed by atoms with van der Waals surface area (Å²) in [6, 6.07) is 10.4. The van der Waals surface area contributed by atoms with Crippen LogP contribution in [0.25, 0.3) is 0 Å². The average Bonchev–Trinajstić information content (AvgIpc) is 2.84. The molecular weight excluding hydrogens is 230 g/mol. The van der Waals surface area contributed by atoms with Crippen LogP contribution in [0.5, 0.6) is 0 Å². The van der Waals surface area contributed by atoms with Crippen molar-refractivity contribution in [2.45, 2.75) is 26.7 Å². The van der Waals surface area contributed by atoms with Crippen LogP contribution in [-0.4, -0.2) is 0 Å². The summed E-state index contributed by atoms with van der Waals surface area (Å²) < 4.78 is 5.70. The summed E-state index contributed by atoms with van der Waals surface area (Å²) in [5.74, 6) is 0. The maximum atomic E-state index is 5.70. The molecule has 1 heterocycles. The molecule has 1 aromatic heterocycles. The molecule has 0 spiro atoms. The third-order valence-corrected chi connectivity index (χ3v) is 3.57. The molecule has 3 heteroatoms. The molecule has 0 fully saturated rings. The van der Waals surface area contributed by atoms with Crippen LogP contribution in [0.2, 0.25) is 0 Å². The smallest absolute Gasteiger partial charge is 0.0813 e. The lowest BCUT2D eigenvalue weighted by Crippen LogP contribution is -2.00. The van der Waals surface area contributed by atoms with Crippen LogP contribution in [0.3, 0.4) is 0 Å². The molecule has 0 atom stereocenters. The Balaban J connectivity index is 1.90. The maximum Gasteiger partial charge on any atom is 0.0813 e. The molecule has 0 saturated carbocycles. The number of thiophene rings is 1. The molecule has 0 aliphatic rings. The first-order valence-electron chi connectivity index (χ1n) is 5.68. The lowest BCUT2D eigenvalue weighted by molar-refractivity contribution is 0.109. The Morgan fingerprint density at radius 3 is 2.76 bits per heavy atom. The highest BCUT2D eigenvalue weighted by Gasteiger charge is 2.00. The van der Waals surface area contributed by atoms with Gasteiger partial charge in [0.05, 0.1) is 13.2 Å². The van der Waals surface area contributed by atoms with Crippen molar-refractivity contribution in [3.63, 3.8) is 0 Å². The third-order valence-electron chi connectivity index (χ3n) is 2.72. The van der Waals surface area contributed by atoms with Gasteiger partial charge in [-0.25, -0.2) is 0 Å². The van der Waals surface area contributed by atoms with E-state index < -0.39 is 0 Å². The van der Waals surface area contributed by atoms with Crippen molar-refractivity contribution in [2.75, 3.05) is 0 Å². The summed E-state index contributed by atoms with van der Waals surface area (Å²) in [4.78, 5) is 1.27. The Morgan fingerprint density at radius 1 is 1.24 bits per heavy atom. The third kappa shape index (κ3) is 3.40. The molecule has 0 amide bonds. The van der Waals surface area contributed by atoms with E-state index in [1.807, 2.05) is 6.07 Å². The molecule has 1 aromatic carbocycles. The van der Waals surface area contributed by atoms with Gasteiger partial charge in [0.25, 0.3) is 0 Å². The first-order valence-corrected chi connectivity index (χ1v) is 6.56. The van der Waals surface area contributed by atoms with E-state index in [2.05, 4.69) is 36.6 Å². The van der Waals surface area contributed by atoms with E-state index in [0.29, 0.717) is 19.8 Å². The van der Waals surface area contributed by atoms with Gasteiger partial charge < -0.3 is 10.5 Å². The second-order valence-corrected chi connectivity index (χ2v) is 5.07. The van der Waals surface area contributed by atoms with Gasteiger partial charge in [-0.2, -0.15) is 0 Å². The fourth-order valence-corrected chi connectivity index (χ4v) is 2.34. The van der Waals surface area contributed by atoms with E-state index >= 15 is 0 Å². The lowest BCUT2D eigenvalue weighted by Gasteiger charge is -2.08. The molecule has 2 N–H and O–H groups in total. The summed E-state index contributed by atoms with van der Waals surface area (Å²) in [7, 11) is 0. The first-order chi connectivity index (χ1) is 8.29. The molecular formula is C14H17NOS. The Kier molecular flexibility index (Phi) is 4.31. The fraction of sp³-hybridized carbons (Fsp3) is 0.286. The molecule has 2 rings (SSSR count). The maximum absolute atomic E-state index is 5.70. The second-order valence-electron chi connectivity index (χ2n) is 4.04. The van der Waals surface area contributed by atoms with E-state index in [9.17, 15) is 0 Å². The largest absolute Gasteiger partial charge is 0.371 e. The fourth-order valence-electron chi connectivity index (χ4n) is 1.70.